The highest BCUT2D eigenvalue weighted by Crippen LogP contribution is 2.26. The number of nitrogens with zero attached hydrogens (tertiary/aromatic N) is 3. The maximum absolute atomic E-state index is 12.4. The zero-order chi connectivity index (χ0) is 16.4. The van der Waals surface area contributed by atoms with Crippen LogP contribution in [0.2, 0.25) is 0 Å². The van der Waals surface area contributed by atoms with Crippen LogP contribution in [0.4, 0.5) is 0 Å². The number of amides is 1. The molecule has 1 aliphatic heterocycles. The van der Waals surface area contributed by atoms with Crippen molar-refractivity contribution in [3.05, 3.63) is 36.7 Å². The third-order valence-corrected chi connectivity index (χ3v) is 4.24. The van der Waals surface area contributed by atoms with Gasteiger partial charge >= 0.3 is 0 Å². The van der Waals surface area contributed by atoms with Crippen molar-refractivity contribution in [2.24, 2.45) is 0 Å². The molecule has 4 rings (SSSR count). The molecule has 1 atom stereocenters. The first-order valence-electron chi connectivity index (χ1n) is 8.04. The smallest absolute Gasteiger partial charge is 0.264 e. The summed E-state index contributed by atoms with van der Waals surface area (Å²) in [7, 11) is 0. The van der Waals surface area contributed by atoms with Gasteiger partial charge in [0.05, 0.1) is 6.10 Å². The SMILES string of the molecule is O=C(Cn1c(-c2nnco2)cc2ccccc21)NC[C@@H]1CCCO1. The van der Waals surface area contributed by atoms with E-state index in [9.17, 15) is 4.79 Å². The second-order valence-electron chi connectivity index (χ2n) is 5.86. The fourth-order valence-electron chi connectivity index (χ4n) is 3.08. The average Bonchev–Trinajstić information content (AvgIpc) is 3.34. The Bertz CT molecular complexity index is 835. The Hall–Kier alpha value is -2.67. The van der Waals surface area contributed by atoms with E-state index in [2.05, 4.69) is 15.5 Å². The van der Waals surface area contributed by atoms with Crippen LogP contribution in [0.3, 0.4) is 0 Å². The van der Waals surface area contributed by atoms with E-state index in [4.69, 9.17) is 9.15 Å². The van der Waals surface area contributed by atoms with E-state index < -0.39 is 0 Å². The van der Waals surface area contributed by atoms with E-state index >= 15 is 0 Å². The lowest BCUT2D eigenvalue weighted by molar-refractivity contribution is -0.122. The number of nitrogens with one attached hydrogen (secondary N) is 1. The lowest BCUT2D eigenvalue weighted by Gasteiger charge is -2.12. The fraction of sp³-hybridized carbons (Fsp3) is 0.353. The van der Waals surface area contributed by atoms with Crippen LogP contribution in [0.25, 0.3) is 22.5 Å². The summed E-state index contributed by atoms with van der Waals surface area (Å²) in [6, 6.07) is 9.83. The lowest BCUT2D eigenvalue weighted by Crippen LogP contribution is -2.34. The molecule has 0 bridgehead atoms. The number of rotatable bonds is 5. The largest absolute Gasteiger partial charge is 0.422 e. The molecule has 1 N–H and O–H groups in total. The second kappa shape index (κ2) is 6.45. The summed E-state index contributed by atoms with van der Waals surface area (Å²) in [4.78, 5) is 12.4. The molecule has 3 heterocycles. The summed E-state index contributed by atoms with van der Waals surface area (Å²) in [5.41, 5.74) is 1.69. The number of hydrogen-bond donors (Lipinski definition) is 1. The van der Waals surface area contributed by atoms with Crippen LogP contribution >= 0.6 is 0 Å². The monoisotopic (exact) mass is 326 g/mol. The minimum Gasteiger partial charge on any atom is -0.422 e. The number of carbonyl (C=O) groups is 1. The zero-order valence-corrected chi connectivity index (χ0v) is 13.1. The third kappa shape index (κ3) is 2.90. The summed E-state index contributed by atoms with van der Waals surface area (Å²) >= 11 is 0. The molecular formula is C17H18N4O3. The molecule has 1 fully saturated rings. The van der Waals surface area contributed by atoms with Gasteiger partial charge in [-0.1, -0.05) is 18.2 Å². The average molecular weight is 326 g/mol. The van der Waals surface area contributed by atoms with Gasteiger partial charge in [-0.25, -0.2) is 0 Å². The van der Waals surface area contributed by atoms with Gasteiger partial charge < -0.3 is 19.0 Å². The Morgan fingerprint density at radius 3 is 3.08 bits per heavy atom. The van der Waals surface area contributed by atoms with E-state index in [1.807, 2.05) is 34.9 Å². The zero-order valence-electron chi connectivity index (χ0n) is 13.1. The molecule has 24 heavy (non-hydrogen) atoms. The van der Waals surface area contributed by atoms with Gasteiger partial charge in [-0.2, -0.15) is 0 Å². The predicted molar refractivity (Wildman–Crippen MR) is 87.2 cm³/mol. The molecule has 0 unspecified atom stereocenters. The van der Waals surface area contributed by atoms with Gasteiger partial charge in [-0.15, -0.1) is 10.2 Å². The Balaban J connectivity index is 1.57. The van der Waals surface area contributed by atoms with Gasteiger partial charge in [0.2, 0.25) is 12.3 Å². The molecule has 0 radical (unpaired) electrons. The normalized spacial score (nSPS) is 17.4. The van der Waals surface area contributed by atoms with Crippen molar-refractivity contribution in [3.8, 4) is 11.6 Å². The Morgan fingerprint density at radius 2 is 2.29 bits per heavy atom. The molecule has 3 aromatic rings. The highest BCUT2D eigenvalue weighted by Gasteiger charge is 2.19. The third-order valence-electron chi connectivity index (χ3n) is 4.24. The summed E-state index contributed by atoms with van der Waals surface area (Å²) in [5.74, 6) is 0.339. The van der Waals surface area contributed by atoms with Crippen molar-refractivity contribution < 1.29 is 13.9 Å². The maximum Gasteiger partial charge on any atom is 0.264 e. The Kier molecular flexibility index (Phi) is 4.00. The van der Waals surface area contributed by atoms with Gasteiger partial charge in [0.1, 0.15) is 12.2 Å². The summed E-state index contributed by atoms with van der Waals surface area (Å²) in [5, 5.41) is 11.7. The number of fused-ring (bicyclic) bond motifs is 1. The van der Waals surface area contributed by atoms with Crippen molar-refractivity contribution >= 4 is 16.8 Å². The minimum absolute atomic E-state index is 0.0624. The topological polar surface area (TPSA) is 82.2 Å². The highest BCUT2D eigenvalue weighted by molar-refractivity contribution is 5.88. The molecule has 1 saturated heterocycles. The Labute approximate surface area is 138 Å². The summed E-state index contributed by atoms with van der Waals surface area (Å²) in [6.07, 6.45) is 3.48. The van der Waals surface area contributed by atoms with Crippen LogP contribution < -0.4 is 5.32 Å². The van der Waals surface area contributed by atoms with Crippen LogP contribution in [0, 0.1) is 0 Å². The van der Waals surface area contributed by atoms with E-state index in [1.54, 1.807) is 0 Å². The first-order chi connectivity index (χ1) is 11.8. The van der Waals surface area contributed by atoms with Gasteiger partial charge in [0.25, 0.3) is 5.89 Å². The molecule has 1 aromatic carbocycles. The van der Waals surface area contributed by atoms with Crippen molar-refractivity contribution in [2.75, 3.05) is 13.2 Å². The number of hydrogen-bond acceptors (Lipinski definition) is 5. The van der Waals surface area contributed by atoms with E-state index in [1.165, 1.54) is 6.39 Å². The molecule has 1 amide bonds. The predicted octanol–water partition coefficient (Wildman–Crippen LogP) is 1.99. The van der Waals surface area contributed by atoms with E-state index in [0.29, 0.717) is 12.4 Å². The van der Waals surface area contributed by atoms with Gasteiger partial charge in [0.15, 0.2) is 0 Å². The quantitative estimate of drug-likeness (QED) is 0.775. The van der Waals surface area contributed by atoms with Crippen molar-refractivity contribution in [1.82, 2.24) is 20.1 Å². The molecule has 1 aliphatic rings. The maximum atomic E-state index is 12.4. The molecule has 2 aromatic heterocycles. The number of benzene rings is 1. The van der Waals surface area contributed by atoms with Crippen molar-refractivity contribution in [1.29, 1.82) is 0 Å². The number of carbonyl (C=O) groups excluding carboxylic acids is 1. The molecule has 7 heteroatoms. The lowest BCUT2D eigenvalue weighted by atomic mass is 10.2. The number of para-hydroxylation sites is 1. The molecule has 0 spiro atoms. The Morgan fingerprint density at radius 1 is 1.38 bits per heavy atom. The van der Waals surface area contributed by atoms with Gasteiger partial charge in [0, 0.05) is 24.1 Å². The molecule has 0 saturated carbocycles. The summed E-state index contributed by atoms with van der Waals surface area (Å²) in [6.45, 7) is 1.52. The number of aromatic nitrogens is 3. The van der Waals surface area contributed by atoms with Crippen LogP contribution in [0.5, 0.6) is 0 Å². The van der Waals surface area contributed by atoms with Crippen LogP contribution in [-0.4, -0.2) is 39.9 Å². The number of ether oxygens (including phenoxy) is 1. The first-order valence-corrected chi connectivity index (χ1v) is 8.04. The van der Waals surface area contributed by atoms with Gasteiger partial charge in [-0.3, -0.25) is 4.79 Å². The van der Waals surface area contributed by atoms with Crippen LogP contribution in [-0.2, 0) is 16.1 Å². The fourth-order valence-corrected chi connectivity index (χ4v) is 3.08. The molecular weight excluding hydrogens is 308 g/mol. The van der Waals surface area contributed by atoms with E-state index in [0.717, 1.165) is 36.0 Å². The molecule has 124 valence electrons. The highest BCUT2D eigenvalue weighted by atomic mass is 16.5. The standard InChI is InChI=1S/C17H18N4O3/c22-16(18-9-13-5-3-7-23-13)10-21-14-6-2-1-4-12(14)8-15(21)17-20-19-11-24-17/h1-2,4,6,8,11,13H,3,5,7,9-10H2,(H,18,22)/t13-/m0/s1. The van der Waals surface area contributed by atoms with E-state index in [-0.39, 0.29) is 18.6 Å². The molecule has 7 nitrogen and oxygen atoms in total. The first kappa shape index (κ1) is 14.9. The second-order valence-corrected chi connectivity index (χ2v) is 5.86. The molecule has 0 aliphatic carbocycles. The van der Waals surface area contributed by atoms with Crippen LogP contribution in [0.15, 0.2) is 41.1 Å². The van der Waals surface area contributed by atoms with Crippen molar-refractivity contribution in [2.45, 2.75) is 25.5 Å². The van der Waals surface area contributed by atoms with Crippen LogP contribution in [0.1, 0.15) is 12.8 Å². The summed E-state index contributed by atoms with van der Waals surface area (Å²) < 4.78 is 12.8. The van der Waals surface area contributed by atoms with Gasteiger partial charge in [-0.05, 0) is 25.0 Å². The van der Waals surface area contributed by atoms with Crippen molar-refractivity contribution in [3.63, 3.8) is 0 Å². The minimum atomic E-state index is -0.0624.